The van der Waals surface area contributed by atoms with Gasteiger partial charge in [0, 0.05) is 6.54 Å². The number of halogens is 1. The monoisotopic (exact) mass is 245 g/mol. The third-order valence-electron chi connectivity index (χ3n) is 2.98. The molecule has 2 atom stereocenters. The summed E-state index contributed by atoms with van der Waals surface area (Å²) in [6.07, 6.45) is 4.60. The molecule has 1 amide bonds. The summed E-state index contributed by atoms with van der Waals surface area (Å²) in [7, 11) is 0. The van der Waals surface area contributed by atoms with Gasteiger partial charge >= 0.3 is 0 Å². The predicted molar refractivity (Wildman–Crippen MR) is 64.2 cm³/mol. The fraction of sp³-hybridized carbons (Fsp3) is 0.727. The summed E-state index contributed by atoms with van der Waals surface area (Å²) in [6, 6.07) is -0.503. The van der Waals surface area contributed by atoms with Gasteiger partial charge in [-0.1, -0.05) is 37.8 Å². The van der Waals surface area contributed by atoms with Crippen molar-refractivity contribution >= 4 is 17.7 Å². The number of rotatable bonds is 7. The molecule has 0 radical (unpaired) electrons. The molecule has 0 spiro atoms. The number of carbonyl (C=O) groups is 1. The van der Waals surface area contributed by atoms with Crippen molar-refractivity contribution in [1.82, 2.24) is 5.32 Å². The Morgan fingerprint density at radius 1 is 1.69 bits per heavy atom. The first kappa shape index (κ1) is 13.5. The van der Waals surface area contributed by atoms with Gasteiger partial charge in [0.15, 0.2) is 0 Å². The van der Waals surface area contributed by atoms with Gasteiger partial charge in [-0.15, -0.1) is 6.58 Å². The molecule has 0 aromatic rings. The van der Waals surface area contributed by atoms with Crippen LogP contribution >= 0.6 is 11.8 Å². The number of aliphatic hydroxyl groups is 1. The molecule has 4 nitrogen and oxygen atoms in total. The Morgan fingerprint density at radius 2 is 2.38 bits per heavy atom. The van der Waals surface area contributed by atoms with Crippen molar-refractivity contribution in [3.8, 4) is 0 Å². The van der Waals surface area contributed by atoms with E-state index in [2.05, 4.69) is 16.7 Å². The minimum Gasteiger partial charge on any atom is -0.570 e. The maximum atomic E-state index is 11.5. The Hall–Kier alpha value is -0.580. The summed E-state index contributed by atoms with van der Waals surface area (Å²) in [5.74, 6) is 0.114. The van der Waals surface area contributed by atoms with Gasteiger partial charge in [0.05, 0.1) is 0 Å². The zero-order valence-electron chi connectivity index (χ0n) is 9.23. The topological polar surface area (TPSA) is 63.4 Å². The van der Waals surface area contributed by atoms with Crippen LogP contribution in [0.2, 0.25) is 0 Å². The van der Waals surface area contributed by atoms with E-state index in [-0.39, 0.29) is 0 Å². The van der Waals surface area contributed by atoms with Crippen LogP contribution in [0.3, 0.4) is 0 Å². The van der Waals surface area contributed by atoms with Crippen LogP contribution in [0, 0.1) is 5.92 Å². The van der Waals surface area contributed by atoms with Gasteiger partial charge in [-0.2, -0.15) is 0 Å². The smallest absolute Gasteiger partial charge is 0.247 e. The fourth-order valence-electron chi connectivity index (χ4n) is 1.74. The number of hydrogen-bond acceptors (Lipinski definition) is 2. The number of nitrogens with zero attached hydrogens (tertiary/aromatic N) is 1. The van der Waals surface area contributed by atoms with Crippen LogP contribution in [-0.4, -0.2) is 29.7 Å². The molecule has 0 saturated heterocycles. The molecule has 16 heavy (non-hydrogen) atoms. The molecule has 0 aliphatic heterocycles. The Balaban J connectivity index is 2.36. The predicted octanol–water partition coefficient (Wildman–Crippen LogP) is 1.74. The molecule has 1 aliphatic carbocycles. The summed E-state index contributed by atoms with van der Waals surface area (Å²) in [5.41, 5.74) is 0. The van der Waals surface area contributed by atoms with E-state index in [0.29, 0.717) is 18.9 Å². The number of nitrogens with one attached hydrogen (secondary N) is 1. The second kappa shape index (κ2) is 6.89. The van der Waals surface area contributed by atoms with Gasteiger partial charge in [0.25, 0.3) is 0 Å². The molecular weight excluding hydrogens is 228 g/mol. The van der Waals surface area contributed by atoms with Crippen molar-refractivity contribution in [2.24, 2.45) is 5.92 Å². The van der Waals surface area contributed by atoms with Crippen LogP contribution in [0.25, 0.3) is 4.84 Å². The van der Waals surface area contributed by atoms with Gasteiger partial charge in [0.2, 0.25) is 5.91 Å². The second-order valence-electron chi connectivity index (χ2n) is 4.18. The molecule has 2 N–H and O–H groups in total. The van der Waals surface area contributed by atoms with Crippen LogP contribution in [0.4, 0.5) is 0 Å². The first-order chi connectivity index (χ1) is 7.69. The molecule has 2 unspecified atom stereocenters. The molecule has 1 saturated carbocycles. The number of aliphatic hydroxyl groups excluding tert-OH is 1. The Morgan fingerprint density at radius 3 is 2.81 bits per heavy atom. The average molecular weight is 246 g/mol. The molecule has 0 bridgehead atoms. The summed E-state index contributed by atoms with van der Waals surface area (Å²) in [6.45, 7) is 3.82. The van der Waals surface area contributed by atoms with Crippen molar-refractivity contribution in [2.45, 2.75) is 37.8 Å². The molecular formula is C11H18ClN2O2-. The molecule has 5 heteroatoms. The number of hydrogen-bond donors (Lipinski definition) is 2. The van der Waals surface area contributed by atoms with Crippen molar-refractivity contribution in [1.29, 1.82) is 0 Å². The van der Waals surface area contributed by atoms with E-state index in [1.807, 2.05) is 0 Å². The highest BCUT2D eigenvalue weighted by molar-refractivity contribution is 6.25. The van der Waals surface area contributed by atoms with Gasteiger partial charge in [-0.3, -0.25) is 16.6 Å². The van der Waals surface area contributed by atoms with Crippen LogP contribution in [0.5, 0.6) is 0 Å². The normalized spacial score (nSPS) is 19.6. The molecule has 1 rings (SSSR count). The van der Waals surface area contributed by atoms with Gasteiger partial charge in [0.1, 0.15) is 6.10 Å². The zero-order chi connectivity index (χ0) is 12.0. The highest BCUT2D eigenvalue weighted by Gasteiger charge is 2.25. The third kappa shape index (κ3) is 3.77. The van der Waals surface area contributed by atoms with E-state index < -0.39 is 18.1 Å². The van der Waals surface area contributed by atoms with Gasteiger partial charge in [-0.05, 0) is 5.92 Å². The summed E-state index contributed by atoms with van der Waals surface area (Å²) >= 11 is 5.43. The standard InChI is InChI=1S/C11H18ClN2O2/c1-2-6-13-11(16)10(15)9(14-12)7-8-4-3-5-8/h2,8-10,15H,1,3-7H2,(H,13,16)/q-1. The zero-order valence-corrected chi connectivity index (χ0v) is 9.99. The Labute approximate surface area is 101 Å². The van der Waals surface area contributed by atoms with Crippen molar-refractivity contribution < 1.29 is 9.90 Å². The number of carbonyl (C=O) groups excluding carboxylic acids is 1. The van der Waals surface area contributed by atoms with E-state index in [1.54, 1.807) is 6.08 Å². The minimum absolute atomic E-state index is 0.342. The lowest BCUT2D eigenvalue weighted by Crippen LogP contribution is -2.42. The highest BCUT2D eigenvalue weighted by atomic mass is 35.5. The molecule has 0 heterocycles. The molecule has 92 valence electrons. The summed E-state index contributed by atoms with van der Waals surface area (Å²) in [4.78, 5) is 15.0. The molecule has 1 aliphatic rings. The maximum absolute atomic E-state index is 11.5. The first-order valence-electron chi connectivity index (χ1n) is 5.56. The van der Waals surface area contributed by atoms with E-state index in [0.717, 1.165) is 12.8 Å². The lowest BCUT2D eigenvalue weighted by Gasteiger charge is -2.37. The van der Waals surface area contributed by atoms with Crippen LogP contribution in [-0.2, 0) is 4.79 Å². The van der Waals surface area contributed by atoms with E-state index in [4.69, 9.17) is 11.8 Å². The average Bonchev–Trinajstić information content (AvgIpc) is 2.24. The molecule has 1 fully saturated rings. The quantitative estimate of drug-likeness (QED) is 0.671. The van der Waals surface area contributed by atoms with Crippen LogP contribution in [0.15, 0.2) is 12.7 Å². The lowest BCUT2D eigenvalue weighted by atomic mass is 9.80. The van der Waals surface area contributed by atoms with E-state index in [1.165, 1.54) is 6.42 Å². The second-order valence-corrected chi connectivity index (χ2v) is 4.37. The SMILES string of the molecule is C=CCNC(=O)C(O)C(CC1CCC1)[N-]Cl. The summed E-state index contributed by atoms with van der Waals surface area (Å²) in [5, 5.41) is 12.3. The van der Waals surface area contributed by atoms with Crippen LogP contribution in [0.1, 0.15) is 25.7 Å². The Bertz CT molecular complexity index is 244. The van der Waals surface area contributed by atoms with Crippen LogP contribution < -0.4 is 5.32 Å². The van der Waals surface area contributed by atoms with E-state index >= 15 is 0 Å². The molecule has 0 aromatic heterocycles. The highest BCUT2D eigenvalue weighted by Crippen LogP contribution is 2.33. The van der Waals surface area contributed by atoms with Gasteiger partial charge in [-0.25, -0.2) is 0 Å². The van der Waals surface area contributed by atoms with Crippen molar-refractivity contribution in [3.05, 3.63) is 17.5 Å². The maximum Gasteiger partial charge on any atom is 0.247 e. The van der Waals surface area contributed by atoms with Gasteiger partial charge < -0.3 is 15.3 Å². The number of amides is 1. The lowest BCUT2D eigenvalue weighted by molar-refractivity contribution is -0.129. The Kier molecular flexibility index (Phi) is 5.80. The van der Waals surface area contributed by atoms with Crippen molar-refractivity contribution in [3.63, 3.8) is 0 Å². The minimum atomic E-state index is -1.15. The van der Waals surface area contributed by atoms with E-state index in [9.17, 15) is 9.90 Å². The molecule has 0 aromatic carbocycles. The summed E-state index contributed by atoms with van der Waals surface area (Å²) < 4.78 is 0. The largest absolute Gasteiger partial charge is 0.570 e. The fourth-order valence-corrected chi connectivity index (χ4v) is 1.93. The third-order valence-corrected chi connectivity index (χ3v) is 3.23. The van der Waals surface area contributed by atoms with Crippen molar-refractivity contribution in [2.75, 3.05) is 6.54 Å². The first-order valence-corrected chi connectivity index (χ1v) is 5.90.